The second kappa shape index (κ2) is 11.4. The summed E-state index contributed by atoms with van der Waals surface area (Å²) in [5, 5.41) is 22.5. The van der Waals surface area contributed by atoms with Crippen LogP contribution in [0.4, 0.5) is 11.6 Å². The normalized spacial score (nSPS) is 37.7. The van der Waals surface area contributed by atoms with E-state index < -0.39 is 76.9 Å². The van der Waals surface area contributed by atoms with Crippen molar-refractivity contribution in [2.24, 2.45) is 0 Å². The molecule has 242 valence electrons. The Bertz CT molecular complexity index is 1850. The van der Waals surface area contributed by atoms with Crippen molar-refractivity contribution in [1.82, 2.24) is 39.0 Å². The van der Waals surface area contributed by atoms with Crippen molar-refractivity contribution in [3.05, 3.63) is 25.3 Å². The van der Waals surface area contributed by atoms with Crippen LogP contribution < -0.4 is 11.5 Å². The van der Waals surface area contributed by atoms with Gasteiger partial charge in [0.2, 0.25) is 0 Å². The number of phosphoric ester groups is 1. The smallest absolute Gasteiger partial charge is 0.386 e. The van der Waals surface area contributed by atoms with E-state index in [-0.39, 0.29) is 34.0 Å². The van der Waals surface area contributed by atoms with Gasteiger partial charge in [-0.05, 0) is 17.6 Å². The van der Waals surface area contributed by atoms with Crippen LogP contribution in [0.1, 0.15) is 12.5 Å². The van der Waals surface area contributed by atoms with E-state index in [0.717, 1.165) is 11.4 Å². The Hall–Kier alpha value is -2.85. The largest absolute Gasteiger partial charge is 0.472 e. The minimum Gasteiger partial charge on any atom is -0.386 e. The highest BCUT2D eigenvalue weighted by molar-refractivity contribution is 8.54. The average molecular weight is 689 g/mol. The van der Waals surface area contributed by atoms with Crippen LogP contribution >= 0.6 is 26.0 Å². The Morgan fingerprint density at radius 2 is 1.29 bits per heavy atom. The van der Waals surface area contributed by atoms with Gasteiger partial charge in [0.15, 0.2) is 35.4 Å². The van der Waals surface area contributed by atoms with Crippen molar-refractivity contribution in [3.8, 4) is 0 Å². The van der Waals surface area contributed by atoms with E-state index in [4.69, 9.17) is 39.0 Å². The minimum absolute atomic E-state index is 0.0828. The molecule has 45 heavy (non-hydrogen) atoms. The molecule has 3 aliphatic heterocycles. The number of nitrogens with zero attached hydrogens (tertiary/aromatic N) is 8. The molecule has 4 aromatic rings. The predicted molar refractivity (Wildman–Crippen MR) is 152 cm³/mol. The van der Waals surface area contributed by atoms with Crippen LogP contribution in [0, 0.1) is 0 Å². The van der Waals surface area contributed by atoms with Gasteiger partial charge in [0, 0.05) is 0 Å². The Kier molecular flexibility index (Phi) is 7.83. The summed E-state index contributed by atoms with van der Waals surface area (Å²) in [5.74, 6) is 0.172. The van der Waals surface area contributed by atoms with E-state index >= 15 is 0 Å². The first kappa shape index (κ1) is 30.8. The summed E-state index contributed by atoms with van der Waals surface area (Å²) >= 11 is 0.728. The molecule has 0 aromatic carbocycles. The Balaban J connectivity index is 1.18. The maximum absolute atomic E-state index is 13.8. The summed E-state index contributed by atoms with van der Waals surface area (Å²) in [6.07, 6.45) is -4.61. The molecule has 4 aromatic heterocycles. The lowest BCUT2D eigenvalue weighted by molar-refractivity contribution is -0.0614. The maximum Gasteiger partial charge on any atom is 0.472 e. The van der Waals surface area contributed by atoms with Crippen LogP contribution in [0.25, 0.3) is 22.3 Å². The third-order valence-electron chi connectivity index (χ3n) is 7.47. The highest BCUT2D eigenvalue weighted by atomic mass is 32.7. The van der Waals surface area contributed by atoms with E-state index in [1.807, 2.05) is 0 Å². The first-order chi connectivity index (χ1) is 21.5. The number of aromatic nitrogens is 8. The Morgan fingerprint density at radius 3 is 1.80 bits per heavy atom. The number of imidazole rings is 2. The van der Waals surface area contributed by atoms with Gasteiger partial charge in [0.1, 0.15) is 60.3 Å². The van der Waals surface area contributed by atoms with Crippen molar-refractivity contribution >= 4 is 60.0 Å². The van der Waals surface area contributed by atoms with Crippen LogP contribution in [0.5, 0.6) is 0 Å². The van der Waals surface area contributed by atoms with Crippen molar-refractivity contribution in [1.29, 1.82) is 0 Å². The van der Waals surface area contributed by atoms with E-state index in [1.165, 1.54) is 40.7 Å². The summed E-state index contributed by atoms with van der Waals surface area (Å²) in [7, 11) is -4.95. The third kappa shape index (κ3) is 5.39. The fourth-order valence-electron chi connectivity index (χ4n) is 5.33. The molecule has 10 atom stereocenters. The van der Waals surface area contributed by atoms with Crippen molar-refractivity contribution < 1.29 is 51.8 Å². The average Bonchev–Trinajstić information content (AvgIpc) is 3.77. The third-order valence-corrected chi connectivity index (χ3v) is 11.8. The molecule has 7 N–H and O–H groups in total. The zero-order valence-electron chi connectivity index (χ0n) is 23.0. The quantitative estimate of drug-likeness (QED) is 0.173. The van der Waals surface area contributed by atoms with Gasteiger partial charge < -0.3 is 36.0 Å². The number of aliphatic hydroxyl groups is 2. The van der Waals surface area contributed by atoms with Crippen molar-refractivity contribution in [2.45, 2.75) is 49.1 Å². The molecule has 0 amide bonds. The van der Waals surface area contributed by atoms with Crippen LogP contribution in [0.15, 0.2) is 25.3 Å². The molecule has 0 radical (unpaired) electrons. The first-order valence-corrected chi connectivity index (χ1v) is 18.0. The number of hydrogen-bond acceptors (Lipinski definition) is 19. The maximum atomic E-state index is 13.8. The first-order valence-electron chi connectivity index (χ1n) is 13.2. The van der Waals surface area contributed by atoms with Gasteiger partial charge in [-0.25, -0.2) is 39.0 Å². The standard InChI is InChI=1S/C21H26N10O11P2S/c1-45-44(36)38-3-9-14(12(32)20(40-9)30-6-28-10-16(22)24-4-26-18(10)30)41-43(34,35)37-2-8-15(42-44)13(33)21(39-8)31-7-29-11-17(23)25-5-27-19(11)31/h4-9,12-15,20-21,32-33H,2-3H2,1H3,(H,34,35)(H2,22,24,26)(H2,23,25,27)/t8-,9?,12-,13-,14-,15-,20-,21-,44?/m1/s1. The fraction of sp³-hybridized carbons (Fsp3) is 0.524. The molecule has 24 heteroatoms. The lowest BCUT2D eigenvalue weighted by Crippen LogP contribution is -2.38. The number of rotatable bonds is 3. The Morgan fingerprint density at radius 1 is 0.800 bits per heavy atom. The number of phosphoric acid groups is 1. The molecule has 3 saturated heterocycles. The zero-order chi connectivity index (χ0) is 31.7. The fourth-order valence-corrected chi connectivity index (χ4v) is 8.49. The summed E-state index contributed by atoms with van der Waals surface area (Å²) in [4.78, 5) is 35.0. The lowest BCUT2D eigenvalue weighted by atomic mass is 10.1. The van der Waals surface area contributed by atoms with Crippen LogP contribution in [0.3, 0.4) is 0 Å². The Labute approximate surface area is 256 Å². The number of hydrogen-bond donors (Lipinski definition) is 5. The van der Waals surface area contributed by atoms with Crippen LogP contribution in [-0.2, 0) is 36.7 Å². The monoisotopic (exact) mass is 688 g/mol. The molecule has 0 spiro atoms. The highest BCUT2D eigenvalue weighted by Crippen LogP contribution is 2.62. The molecule has 7 heterocycles. The van der Waals surface area contributed by atoms with E-state index in [1.54, 1.807) is 0 Å². The van der Waals surface area contributed by atoms with Gasteiger partial charge in [0.25, 0.3) is 0 Å². The molecule has 0 aliphatic carbocycles. The van der Waals surface area contributed by atoms with Gasteiger partial charge in [0.05, 0.1) is 25.9 Å². The van der Waals surface area contributed by atoms with Gasteiger partial charge in [-0.2, -0.15) is 0 Å². The summed E-state index contributed by atoms with van der Waals surface area (Å²) in [5.41, 5.74) is 12.6. The molecule has 3 fully saturated rings. The topological polar surface area (TPSA) is 289 Å². The van der Waals surface area contributed by atoms with Gasteiger partial charge in [-0.1, -0.05) is 0 Å². The lowest BCUT2D eigenvalue weighted by Gasteiger charge is -2.29. The van der Waals surface area contributed by atoms with Gasteiger partial charge in [-0.3, -0.25) is 27.2 Å². The predicted octanol–water partition coefficient (Wildman–Crippen LogP) is -0.264. The number of aliphatic hydroxyl groups excluding tert-OH is 2. The molecule has 3 unspecified atom stereocenters. The molecule has 0 saturated carbocycles. The number of nitrogen functional groups attached to an aromatic ring is 2. The second-order valence-electron chi connectivity index (χ2n) is 10.1. The summed E-state index contributed by atoms with van der Waals surface area (Å²) in [6.45, 7) is -5.31. The number of fused-ring (bicyclic) bond motifs is 4. The minimum atomic E-state index is -4.95. The van der Waals surface area contributed by atoms with Gasteiger partial charge >= 0.3 is 14.6 Å². The summed E-state index contributed by atoms with van der Waals surface area (Å²) < 4.78 is 63.8. The van der Waals surface area contributed by atoms with E-state index in [0.29, 0.717) is 0 Å². The van der Waals surface area contributed by atoms with Crippen molar-refractivity contribution in [2.75, 3.05) is 30.9 Å². The molecule has 7 rings (SSSR count). The van der Waals surface area contributed by atoms with E-state index in [9.17, 15) is 24.2 Å². The van der Waals surface area contributed by atoms with Crippen LogP contribution in [-0.4, -0.2) is 110 Å². The molecule has 0 bridgehead atoms. The number of anilines is 2. The number of nitrogens with two attached hydrogens (primary N) is 2. The molecular weight excluding hydrogens is 662 g/mol. The van der Waals surface area contributed by atoms with Crippen molar-refractivity contribution in [3.63, 3.8) is 0 Å². The molecule has 3 aliphatic rings. The zero-order valence-corrected chi connectivity index (χ0v) is 25.6. The highest BCUT2D eigenvalue weighted by Gasteiger charge is 2.54. The number of ether oxygens (including phenoxy) is 2. The molecular formula is C21H26N10O11P2S. The second-order valence-corrected chi connectivity index (χ2v) is 15.7. The van der Waals surface area contributed by atoms with E-state index in [2.05, 4.69) is 29.9 Å². The molecule has 21 nitrogen and oxygen atoms in total. The van der Waals surface area contributed by atoms with Gasteiger partial charge in [-0.15, -0.1) is 0 Å². The van der Waals surface area contributed by atoms with Crippen LogP contribution in [0.2, 0.25) is 0 Å². The SMILES string of the molecule is CSP1(=O)OCC2O[C@@H](n3cnc4c(N)ncnc43)[C@H](O)[C@@H]2OP(=O)(O)OC[C@H]2O[C@@H](n3cnc4c(N)ncnc43)[C@H](O)[C@@H]2O1. The summed E-state index contributed by atoms with van der Waals surface area (Å²) in [6, 6.07) is 0.